The van der Waals surface area contributed by atoms with Crippen molar-refractivity contribution >= 4 is 33.9 Å². The van der Waals surface area contributed by atoms with Crippen molar-refractivity contribution in [2.75, 3.05) is 0 Å². The van der Waals surface area contributed by atoms with Crippen LogP contribution in [0.3, 0.4) is 0 Å². The number of hydrogen-bond donors (Lipinski definition) is 0. The van der Waals surface area contributed by atoms with E-state index in [9.17, 15) is 0 Å². The summed E-state index contributed by atoms with van der Waals surface area (Å²) in [5.74, 6) is 1.25. The predicted molar refractivity (Wildman–Crippen MR) is 118 cm³/mol. The van der Waals surface area contributed by atoms with E-state index in [1.165, 1.54) is 6.39 Å². The molecule has 3 heterocycles. The van der Waals surface area contributed by atoms with Gasteiger partial charge in [-0.1, -0.05) is 36.4 Å². The Hall–Kier alpha value is -3.77. The van der Waals surface area contributed by atoms with Crippen LogP contribution in [0.5, 0.6) is 5.75 Å². The van der Waals surface area contributed by atoms with Gasteiger partial charge in [0, 0.05) is 11.0 Å². The zero-order valence-corrected chi connectivity index (χ0v) is 16.8. The molecule has 0 N–H and O–H groups in total. The first-order valence-electron chi connectivity index (χ1n) is 9.43. The number of hydrogen-bond acceptors (Lipinski definition) is 6. The molecule has 0 unspecified atom stereocenters. The fourth-order valence-corrected chi connectivity index (χ4v) is 3.78. The van der Waals surface area contributed by atoms with Crippen LogP contribution in [-0.4, -0.2) is 15.2 Å². The third-order valence-electron chi connectivity index (χ3n) is 4.65. The summed E-state index contributed by atoms with van der Waals surface area (Å²) >= 11 is 1.64. The molecule has 5 aromatic rings. The summed E-state index contributed by atoms with van der Waals surface area (Å²) in [5.41, 5.74) is 4.80. The maximum Gasteiger partial charge on any atom is 0.248 e. The molecular weight excluding hydrogens is 394 g/mol. The van der Waals surface area contributed by atoms with Crippen LogP contribution in [0.15, 0.2) is 88.3 Å². The Morgan fingerprint density at radius 1 is 1.00 bits per heavy atom. The summed E-state index contributed by atoms with van der Waals surface area (Å²) in [5, 5.41) is 13.1. The Kier molecular flexibility index (Phi) is 5.06. The normalized spacial score (nSPS) is 11.7. The van der Waals surface area contributed by atoms with Crippen LogP contribution in [0.4, 0.5) is 0 Å². The molecule has 6 heteroatoms. The Morgan fingerprint density at radius 2 is 1.90 bits per heavy atom. The Balaban J connectivity index is 1.35. The largest absolute Gasteiger partial charge is 0.487 e. The number of nitrogens with zero attached hydrogens (tertiary/aromatic N) is 3. The maximum atomic E-state index is 5.94. The van der Waals surface area contributed by atoms with Crippen LogP contribution in [0.25, 0.3) is 22.6 Å². The summed E-state index contributed by atoms with van der Waals surface area (Å²) in [6.45, 7) is 0.408. The van der Waals surface area contributed by atoms with Gasteiger partial charge in [0.15, 0.2) is 0 Å². The monoisotopic (exact) mass is 411 g/mol. The quantitative estimate of drug-likeness (QED) is 0.351. The highest BCUT2D eigenvalue weighted by atomic mass is 32.1. The average Bonchev–Trinajstić information content (AvgIpc) is 3.51. The van der Waals surface area contributed by atoms with E-state index in [4.69, 9.17) is 9.15 Å². The number of benzene rings is 2. The molecular formula is C24H17N3O2S. The van der Waals surface area contributed by atoms with Crippen molar-refractivity contribution in [3.8, 4) is 5.75 Å². The lowest BCUT2D eigenvalue weighted by molar-refractivity contribution is 0.302. The Morgan fingerprint density at radius 3 is 2.70 bits per heavy atom. The van der Waals surface area contributed by atoms with Gasteiger partial charge in [-0.3, -0.25) is 0 Å². The molecule has 146 valence electrons. The fraction of sp³-hybridized carbons (Fsp3) is 0.0417. The van der Waals surface area contributed by atoms with Gasteiger partial charge in [0.05, 0.1) is 11.2 Å². The third kappa shape index (κ3) is 3.99. The minimum Gasteiger partial charge on any atom is -0.487 e. The van der Waals surface area contributed by atoms with Crippen LogP contribution in [0.1, 0.15) is 22.7 Å². The molecule has 5 rings (SSSR count). The van der Waals surface area contributed by atoms with Gasteiger partial charge >= 0.3 is 0 Å². The summed E-state index contributed by atoms with van der Waals surface area (Å²) in [4.78, 5) is 4.65. The van der Waals surface area contributed by atoms with E-state index in [0.29, 0.717) is 12.5 Å². The van der Waals surface area contributed by atoms with E-state index in [1.807, 2.05) is 60.0 Å². The topological polar surface area (TPSA) is 61.0 Å². The van der Waals surface area contributed by atoms with Crippen molar-refractivity contribution in [3.63, 3.8) is 0 Å². The number of aromatic nitrogens is 3. The summed E-state index contributed by atoms with van der Waals surface area (Å²) < 4.78 is 11.4. The molecule has 0 spiro atoms. The van der Waals surface area contributed by atoms with Gasteiger partial charge in [-0.05, 0) is 58.3 Å². The molecule has 0 saturated heterocycles. The van der Waals surface area contributed by atoms with Gasteiger partial charge in [-0.15, -0.1) is 10.2 Å². The molecule has 0 radical (unpaired) electrons. The second-order valence-corrected chi connectivity index (χ2v) is 7.45. The maximum absolute atomic E-state index is 5.94. The minimum atomic E-state index is 0.408. The van der Waals surface area contributed by atoms with Gasteiger partial charge in [-0.2, -0.15) is 11.3 Å². The number of ether oxygens (including phenoxy) is 1. The Bertz CT molecular complexity index is 1280. The molecule has 0 fully saturated rings. The summed E-state index contributed by atoms with van der Waals surface area (Å²) in [6, 6.07) is 22.0. The molecule has 0 atom stereocenters. The van der Waals surface area contributed by atoms with Gasteiger partial charge in [0.1, 0.15) is 12.4 Å². The zero-order valence-electron chi connectivity index (χ0n) is 15.9. The van der Waals surface area contributed by atoms with Gasteiger partial charge < -0.3 is 9.15 Å². The molecule has 0 amide bonds. The standard InChI is InChI=1S/C24H17N3O2S/c1-2-4-23-19(3-1)5-8-20(26-23)14-28-21-9-6-18(7-10-21)22(24-27-25-16-29-24)13-17-11-12-30-15-17/h1-13,15-16H,14H2/b22-13-. The lowest BCUT2D eigenvalue weighted by atomic mass is 10.0. The molecule has 0 aliphatic rings. The highest BCUT2D eigenvalue weighted by Crippen LogP contribution is 2.27. The first-order valence-corrected chi connectivity index (χ1v) is 10.4. The van der Waals surface area contributed by atoms with Crippen molar-refractivity contribution in [3.05, 3.63) is 107 Å². The van der Waals surface area contributed by atoms with Crippen molar-refractivity contribution in [2.45, 2.75) is 6.61 Å². The first kappa shape index (κ1) is 18.3. The summed E-state index contributed by atoms with van der Waals surface area (Å²) in [7, 11) is 0. The fourth-order valence-electron chi connectivity index (χ4n) is 3.16. The van der Waals surface area contributed by atoms with E-state index in [1.54, 1.807) is 11.3 Å². The van der Waals surface area contributed by atoms with Crippen LogP contribution < -0.4 is 4.74 Å². The van der Waals surface area contributed by atoms with Crippen molar-refractivity contribution < 1.29 is 9.15 Å². The van der Waals surface area contributed by atoms with Crippen molar-refractivity contribution in [1.29, 1.82) is 0 Å². The molecule has 0 aliphatic heterocycles. The molecule has 2 aromatic carbocycles. The molecule has 0 saturated carbocycles. The van der Waals surface area contributed by atoms with E-state index >= 15 is 0 Å². The van der Waals surface area contributed by atoms with Crippen LogP contribution >= 0.6 is 11.3 Å². The lowest BCUT2D eigenvalue weighted by Gasteiger charge is -2.08. The number of pyridine rings is 1. The van der Waals surface area contributed by atoms with E-state index in [2.05, 4.69) is 38.8 Å². The smallest absolute Gasteiger partial charge is 0.248 e. The average molecular weight is 411 g/mol. The van der Waals surface area contributed by atoms with Crippen molar-refractivity contribution in [1.82, 2.24) is 15.2 Å². The second kappa shape index (κ2) is 8.31. The highest BCUT2D eigenvalue weighted by molar-refractivity contribution is 7.08. The zero-order chi connectivity index (χ0) is 20.2. The van der Waals surface area contributed by atoms with E-state index in [-0.39, 0.29) is 0 Å². The van der Waals surface area contributed by atoms with Crippen molar-refractivity contribution in [2.24, 2.45) is 0 Å². The molecule has 30 heavy (non-hydrogen) atoms. The number of rotatable bonds is 6. The lowest BCUT2D eigenvalue weighted by Crippen LogP contribution is -1.98. The number of fused-ring (bicyclic) bond motifs is 1. The summed E-state index contributed by atoms with van der Waals surface area (Å²) in [6.07, 6.45) is 3.38. The minimum absolute atomic E-state index is 0.408. The van der Waals surface area contributed by atoms with Gasteiger partial charge in [0.25, 0.3) is 0 Å². The highest BCUT2D eigenvalue weighted by Gasteiger charge is 2.11. The van der Waals surface area contributed by atoms with Crippen LogP contribution in [-0.2, 0) is 6.61 Å². The molecule has 3 aromatic heterocycles. The molecule has 5 nitrogen and oxygen atoms in total. The number of para-hydroxylation sites is 1. The van der Waals surface area contributed by atoms with Gasteiger partial charge in [-0.25, -0.2) is 4.98 Å². The van der Waals surface area contributed by atoms with Crippen LogP contribution in [0, 0.1) is 0 Å². The number of thiophene rings is 1. The predicted octanol–water partition coefficient (Wildman–Crippen LogP) is 5.85. The first-order chi connectivity index (χ1) is 14.8. The van der Waals surface area contributed by atoms with E-state index in [0.717, 1.165) is 39.0 Å². The van der Waals surface area contributed by atoms with Crippen LogP contribution in [0.2, 0.25) is 0 Å². The molecule has 0 bridgehead atoms. The SMILES string of the molecule is C(=C(\c1ccc(OCc2ccc3ccccc3n2)cc1)c1nnco1)/c1ccsc1. The molecule has 0 aliphatic carbocycles. The second-order valence-electron chi connectivity index (χ2n) is 6.67. The third-order valence-corrected chi connectivity index (χ3v) is 5.35. The van der Waals surface area contributed by atoms with E-state index < -0.39 is 0 Å². The van der Waals surface area contributed by atoms with Gasteiger partial charge in [0.2, 0.25) is 12.3 Å². The Labute approximate surface area is 177 Å².